The first-order chi connectivity index (χ1) is 5.56. The van der Waals surface area contributed by atoms with Crippen LogP contribution in [0.25, 0.3) is 0 Å². The minimum Gasteiger partial charge on any atom is -0.253 e. The smallest absolute Gasteiger partial charge is 0.253 e. The molecule has 0 aromatic carbocycles. The van der Waals surface area contributed by atoms with E-state index in [1.165, 1.54) is 18.3 Å². The molecule has 0 atom stereocenters. The van der Waals surface area contributed by atoms with E-state index in [4.69, 9.17) is 11.6 Å². The highest BCUT2D eigenvalue weighted by molar-refractivity contribution is 14.1. The second kappa shape index (κ2) is 3.83. The number of hydrogen-bond donors (Lipinski definition) is 0. The Labute approximate surface area is 87.3 Å². The summed E-state index contributed by atoms with van der Waals surface area (Å²) < 4.78 is 25.5. The van der Waals surface area contributed by atoms with E-state index >= 15 is 0 Å². The second-order valence-electron chi connectivity index (χ2n) is 2.20. The third-order valence-electron chi connectivity index (χ3n) is 1.27. The standard InChI is InChI=1S/C7H5ClF2IN/c8-5-1-2-6(12-3-5)7(9,10)4-11/h1-3H,4H2. The van der Waals surface area contributed by atoms with Crippen LogP contribution in [-0.2, 0) is 5.92 Å². The number of nitrogens with zero attached hydrogens (tertiary/aromatic N) is 1. The van der Waals surface area contributed by atoms with Gasteiger partial charge in [0.2, 0.25) is 0 Å². The maximum absolute atomic E-state index is 12.9. The molecule has 0 radical (unpaired) electrons. The van der Waals surface area contributed by atoms with Gasteiger partial charge < -0.3 is 0 Å². The van der Waals surface area contributed by atoms with E-state index in [0.717, 1.165) is 0 Å². The molecule has 1 rings (SSSR count). The van der Waals surface area contributed by atoms with Gasteiger partial charge in [-0.15, -0.1) is 0 Å². The molecule has 0 bridgehead atoms. The highest BCUT2D eigenvalue weighted by Crippen LogP contribution is 2.28. The molecule has 12 heavy (non-hydrogen) atoms. The molecule has 0 amide bonds. The van der Waals surface area contributed by atoms with Crippen molar-refractivity contribution < 1.29 is 8.78 Å². The molecule has 0 N–H and O–H groups in total. The monoisotopic (exact) mass is 303 g/mol. The number of alkyl halides is 3. The van der Waals surface area contributed by atoms with Crippen molar-refractivity contribution in [2.75, 3.05) is 4.43 Å². The zero-order valence-electron chi connectivity index (χ0n) is 5.90. The van der Waals surface area contributed by atoms with Crippen LogP contribution >= 0.6 is 34.2 Å². The number of pyridine rings is 1. The van der Waals surface area contributed by atoms with Crippen molar-refractivity contribution in [1.29, 1.82) is 0 Å². The number of rotatable bonds is 2. The fourth-order valence-electron chi connectivity index (χ4n) is 0.661. The lowest BCUT2D eigenvalue weighted by Gasteiger charge is -2.11. The molecule has 0 aliphatic carbocycles. The van der Waals surface area contributed by atoms with Crippen LogP contribution in [0.2, 0.25) is 5.02 Å². The van der Waals surface area contributed by atoms with E-state index in [2.05, 4.69) is 4.98 Å². The van der Waals surface area contributed by atoms with Gasteiger partial charge in [0.25, 0.3) is 5.92 Å². The summed E-state index contributed by atoms with van der Waals surface area (Å²) in [5.41, 5.74) is -0.235. The van der Waals surface area contributed by atoms with Gasteiger partial charge in [0.15, 0.2) is 0 Å². The van der Waals surface area contributed by atoms with E-state index in [1.54, 1.807) is 22.6 Å². The Hall–Kier alpha value is 0.0300. The molecular weight excluding hydrogens is 298 g/mol. The lowest BCUT2D eigenvalue weighted by atomic mass is 10.2. The van der Waals surface area contributed by atoms with Gasteiger partial charge >= 0.3 is 0 Å². The molecule has 1 nitrogen and oxygen atoms in total. The molecule has 0 aliphatic heterocycles. The van der Waals surface area contributed by atoms with Gasteiger partial charge in [0, 0.05) is 6.20 Å². The summed E-state index contributed by atoms with van der Waals surface area (Å²) in [7, 11) is 0. The third kappa shape index (κ3) is 2.26. The molecule has 0 saturated heterocycles. The Balaban J connectivity index is 2.96. The molecule has 0 fully saturated rings. The second-order valence-corrected chi connectivity index (χ2v) is 3.40. The summed E-state index contributed by atoms with van der Waals surface area (Å²) in [5, 5.41) is 0.364. The molecule has 0 aliphatic rings. The van der Waals surface area contributed by atoms with Gasteiger partial charge in [-0.1, -0.05) is 34.2 Å². The number of aromatic nitrogens is 1. The van der Waals surface area contributed by atoms with Crippen LogP contribution in [0.1, 0.15) is 5.69 Å². The van der Waals surface area contributed by atoms with Gasteiger partial charge in [-0.25, -0.2) is 0 Å². The Morgan fingerprint density at radius 2 is 2.17 bits per heavy atom. The minimum absolute atomic E-state index is 0.235. The largest absolute Gasteiger partial charge is 0.298 e. The summed E-state index contributed by atoms with van der Waals surface area (Å²) in [6.07, 6.45) is 1.22. The van der Waals surface area contributed by atoms with Crippen LogP contribution in [0.3, 0.4) is 0 Å². The van der Waals surface area contributed by atoms with Gasteiger partial charge in [0.1, 0.15) is 5.69 Å². The average Bonchev–Trinajstić information content (AvgIpc) is 2.05. The van der Waals surface area contributed by atoms with Crippen molar-refractivity contribution in [3.05, 3.63) is 29.0 Å². The zero-order valence-corrected chi connectivity index (χ0v) is 8.81. The Kier molecular flexibility index (Phi) is 3.22. The minimum atomic E-state index is -2.86. The summed E-state index contributed by atoms with van der Waals surface area (Å²) in [6.45, 7) is 0. The van der Waals surface area contributed by atoms with Crippen molar-refractivity contribution in [2.24, 2.45) is 0 Å². The summed E-state index contributed by atoms with van der Waals surface area (Å²) in [4.78, 5) is 3.53. The van der Waals surface area contributed by atoms with Crippen LogP contribution in [0.15, 0.2) is 18.3 Å². The molecule has 66 valence electrons. The molecule has 1 heterocycles. The zero-order chi connectivity index (χ0) is 9.19. The van der Waals surface area contributed by atoms with E-state index < -0.39 is 5.92 Å². The van der Waals surface area contributed by atoms with Crippen molar-refractivity contribution >= 4 is 34.2 Å². The summed E-state index contributed by atoms with van der Waals surface area (Å²) >= 11 is 7.12. The lowest BCUT2D eigenvalue weighted by Crippen LogP contribution is -2.16. The van der Waals surface area contributed by atoms with Crippen LogP contribution in [0, 0.1) is 0 Å². The highest BCUT2D eigenvalue weighted by Gasteiger charge is 2.31. The quantitative estimate of drug-likeness (QED) is 0.604. The Morgan fingerprint density at radius 3 is 2.58 bits per heavy atom. The van der Waals surface area contributed by atoms with Crippen LogP contribution in [0.5, 0.6) is 0 Å². The van der Waals surface area contributed by atoms with Crippen LogP contribution in [0.4, 0.5) is 8.78 Å². The molecular formula is C7H5ClF2IN. The first-order valence-corrected chi connectivity index (χ1v) is 5.02. The molecule has 1 aromatic rings. The van der Waals surface area contributed by atoms with Gasteiger partial charge in [-0.3, -0.25) is 4.98 Å². The fraction of sp³-hybridized carbons (Fsp3) is 0.286. The van der Waals surface area contributed by atoms with Crippen molar-refractivity contribution in [3.8, 4) is 0 Å². The molecule has 1 aromatic heterocycles. The fourth-order valence-corrected chi connectivity index (χ4v) is 1.16. The molecule has 0 unspecified atom stereocenters. The highest BCUT2D eigenvalue weighted by atomic mass is 127. The van der Waals surface area contributed by atoms with Gasteiger partial charge in [0.05, 0.1) is 9.45 Å². The van der Waals surface area contributed by atoms with Gasteiger partial charge in [-0.2, -0.15) is 8.78 Å². The maximum atomic E-state index is 12.9. The summed E-state index contributed by atoms with van der Waals surface area (Å²) in [5.74, 6) is -2.86. The molecule has 5 heteroatoms. The van der Waals surface area contributed by atoms with Crippen LogP contribution in [-0.4, -0.2) is 9.41 Å². The normalized spacial score (nSPS) is 11.7. The maximum Gasteiger partial charge on any atom is 0.298 e. The Bertz CT molecular complexity index is 263. The Morgan fingerprint density at radius 1 is 1.50 bits per heavy atom. The summed E-state index contributed by atoms with van der Waals surface area (Å²) in [6, 6.07) is 2.64. The first kappa shape index (κ1) is 10.1. The SMILES string of the molecule is FC(F)(CI)c1ccc(Cl)cn1. The van der Waals surface area contributed by atoms with Gasteiger partial charge in [-0.05, 0) is 12.1 Å². The predicted molar refractivity (Wildman–Crippen MR) is 52.0 cm³/mol. The van der Waals surface area contributed by atoms with E-state index in [-0.39, 0.29) is 10.1 Å². The van der Waals surface area contributed by atoms with Crippen LogP contribution < -0.4 is 0 Å². The predicted octanol–water partition coefficient (Wildman–Crippen LogP) is 3.26. The topological polar surface area (TPSA) is 12.9 Å². The van der Waals surface area contributed by atoms with Crippen molar-refractivity contribution in [3.63, 3.8) is 0 Å². The third-order valence-corrected chi connectivity index (χ3v) is 2.45. The number of halogens is 4. The first-order valence-electron chi connectivity index (χ1n) is 3.12. The van der Waals surface area contributed by atoms with Crippen molar-refractivity contribution in [2.45, 2.75) is 5.92 Å². The lowest BCUT2D eigenvalue weighted by molar-refractivity contribution is 0.0218. The molecule has 0 spiro atoms. The van der Waals surface area contributed by atoms with Crippen molar-refractivity contribution in [1.82, 2.24) is 4.98 Å². The van der Waals surface area contributed by atoms with E-state index in [0.29, 0.717) is 5.02 Å². The van der Waals surface area contributed by atoms with E-state index in [9.17, 15) is 8.78 Å². The van der Waals surface area contributed by atoms with E-state index in [1.807, 2.05) is 0 Å². The number of hydrogen-bond acceptors (Lipinski definition) is 1. The molecule has 0 saturated carbocycles. The average molecular weight is 303 g/mol.